The van der Waals surface area contributed by atoms with E-state index in [9.17, 15) is 0 Å². The van der Waals surface area contributed by atoms with Crippen molar-refractivity contribution >= 4 is 10.9 Å². The van der Waals surface area contributed by atoms with Crippen molar-refractivity contribution in [3.8, 4) is 0 Å². The van der Waals surface area contributed by atoms with Crippen LogP contribution < -0.4 is 11.1 Å². The fraction of sp³-hybridized carbons (Fsp3) is 0.357. The van der Waals surface area contributed by atoms with Crippen molar-refractivity contribution in [2.24, 2.45) is 5.73 Å². The fourth-order valence-electron chi connectivity index (χ4n) is 2.45. The number of hydrogen-bond acceptors (Lipinski definition) is 3. The zero-order chi connectivity index (χ0) is 11.7. The molecule has 0 radical (unpaired) electrons. The summed E-state index contributed by atoms with van der Waals surface area (Å²) in [5.74, 6) is 0. The number of aromatic nitrogens is 1. The molecule has 2 atom stereocenters. The summed E-state index contributed by atoms with van der Waals surface area (Å²) in [6.45, 7) is 0.986. The SMILES string of the molecule is NC1CCNC(c2ccc3ccccc3n2)C1. The van der Waals surface area contributed by atoms with Gasteiger partial charge in [0.2, 0.25) is 0 Å². The second-order valence-corrected chi connectivity index (χ2v) is 4.72. The van der Waals surface area contributed by atoms with Crippen LogP contribution in [0.15, 0.2) is 36.4 Å². The van der Waals surface area contributed by atoms with Crippen molar-refractivity contribution in [2.75, 3.05) is 6.54 Å². The summed E-state index contributed by atoms with van der Waals surface area (Å²) in [5.41, 5.74) is 8.18. The van der Waals surface area contributed by atoms with Gasteiger partial charge in [0.1, 0.15) is 0 Å². The lowest BCUT2D eigenvalue weighted by atomic mass is 9.97. The smallest absolute Gasteiger partial charge is 0.0706 e. The third-order valence-electron chi connectivity index (χ3n) is 3.42. The molecule has 88 valence electrons. The van der Waals surface area contributed by atoms with Crippen LogP contribution in [0.1, 0.15) is 24.6 Å². The van der Waals surface area contributed by atoms with Crippen molar-refractivity contribution in [3.05, 3.63) is 42.1 Å². The predicted molar refractivity (Wildman–Crippen MR) is 69.7 cm³/mol. The Kier molecular flexibility index (Phi) is 2.79. The van der Waals surface area contributed by atoms with Gasteiger partial charge in [-0.3, -0.25) is 4.98 Å². The third kappa shape index (κ3) is 2.16. The molecule has 3 nitrogen and oxygen atoms in total. The van der Waals surface area contributed by atoms with E-state index in [0.29, 0.717) is 12.1 Å². The van der Waals surface area contributed by atoms with E-state index in [1.807, 2.05) is 12.1 Å². The first-order valence-electron chi connectivity index (χ1n) is 6.17. The van der Waals surface area contributed by atoms with E-state index < -0.39 is 0 Å². The van der Waals surface area contributed by atoms with Gasteiger partial charge in [-0.05, 0) is 31.5 Å². The van der Waals surface area contributed by atoms with E-state index in [0.717, 1.165) is 30.6 Å². The van der Waals surface area contributed by atoms with Crippen LogP contribution in [0.2, 0.25) is 0 Å². The lowest BCUT2D eigenvalue weighted by molar-refractivity contribution is 0.364. The van der Waals surface area contributed by atoms with Crippen LogP contribution >= 0.6 is 0 Å². The second-order valence-electron chi connectivity index (χ2n) is 4.72. The van der Waals surface area contributed by atoms with Gasteiger partial charge in [-0.25, -0.2) is 0 Å². The monoisotopic (exact) mass is 227 g/mol. The van der Waals surface area contributed by atoms with Crippen LogP contribution in [-0.4, -0.2) is 17.6 Å². The maximum absolute atomic E-state index is 6.01. The number of nitrogens with two attached hydrogens (primary N) is 1. The van der Waals surface area contributed by atoms with Crippen LogP contribution in [0.5, 0.6) is 0 Å². The first-order chi connectivity index (χ1) is 8.33. The van der Waals surface area contributed by atoms with Crippen molar-refractivity contribution in [2.45, 2.75) is 24.9 Å². The first-order valence-corrected chi connectivity index (χ1v) is 6.17. The lowest BCUT2D eigenvalue weighted by Crippen LogP contribution is -2.38. The van der Waals surface area contributed by atoms with Gasteiger partial charge in [0, 0.05) is 11.4 Å². The highest BCUT2D eigenvalue weighted by molar-refractivity contribution is 5.78. The highest BCUT2D eigenvalue weighted by Crippen LogP contribution is 2.22. The Morgan fingerprint density at radius 3 is 2.94 bits per heavy atom. The Bertz CT molecular complexity index is 524. The zero-order valence-corrected chi connectivity index (χ0v) is 9.76. The van der Waals surface area contributed by atoms with Gasteiger partial charge in [-0.15, -0.1) is 0 Å². The minimum Gasteiger partial charge on any atom is -0.328 e. The molecule has 1 aromatic heterocycles. The van der Waals surface area contributed by atoms with Crippen molar-refractivity contribution in [1.82, 2.24) is 10.3 Å². The number of piperidine rings is 1. The third-order valence-corrected chi connectivity index (χ3v) is 3.42. The maximum atomic E-state index is 6.01. The molecule has 0 aliphatic carbocycles. The Morgan fingerprint density at radius 1 is 1.18 bits per heavy atom. The number of nitrogens with one attached hydrogen (secondary N) is 1. The molecule has 3 rings (SSSR count). The van der Waals surface area contributed by atoms with Crippen molar-refractivity contribution < 1.29 is 0 Å². The van der Waals surface area contributed by atoms with E-state index in [4.69, 9.17) is 10.7 Å². The molecule has 2 unspecified atom stereocenters. The molecule has 0 amide bonds. The average molecular weight is 227 g/mol. The quantitative estimate of drug-likeness (QED) is 0.783. The van der Waals surface area contributed by atoms with E-state index >= 15 is 0 Å². The molecule has 0 spiro atoms. The maximum Gasteiger partial charge on any atom is 0.0706 e. The van der Waals surface area contributed by atoms with E-state index in [2.05, 4.69) is 29.6 Å². The fourth-order valence-corrected chi connectivity index (χ4v) is 2.45. The number of benzene rings is 1. The van der Waals surface area contributed by atoms with Crippen LogP contribution in [0.25, 0.3) is 10.9 Å². The Labute approximate surface area is 101 Å². The Hall–Kier alpha value is -1.45. The number of rotatable bonds is 1. The van der Waals surface area contributed by atoms with E-state index in [1.165, 1.54) is 5.39 Å². The normalized spacial score (nSPS) is 25.0. The number of para-hydroxylation sites is 1. The van der Waals surface area contributed by atoms with E-state index in [1.54, 1.807) is 0 Å². The highest BCUT2D eigenvalue weighted by atomic mass is 15.0. The summed E-state index contributed by atoms with van der Waals surface area (Å²) in [7, 11) is 0. The predicted octanol–water partition coefficient (Wildman–Crippen LogP) is 1.99. The average Bonchev–Trinajstić information content (AvgIpc) is 2.38. The van der Waals surface area contributed by atoms with Gasteiger partial charge in [-0.1, -0.05) is 24.3 Å². The molecule has 1 fully saturated rings. The standard InChI is InChI=1S/C14H17N3/c15-11-7-8-16-14(9-11)13-6-5-10-3-1-2-4-12(10)17-13/h1-6,11,14,16H,7-9,15H2. The van der Waals surface area contributed by atoms with Gasteiger partial charge >= 0.3 is 0 Å². The Morgan fingerprint density at radius 2 is 2.06 bits per heavy atom. The summed E-state index contributed by atoms with van der Waals surface area (Å²) in [6, 6.07) is 13.1. The number of fused-ring (bicyclic) bond motifs is 1. The van der Waals surface area contributed by atoms with Crippen molar-refractivity contribution in [1.29, 1.82) is 0 Å². The number of nitrogens with zero attached hydrogens (tertiary/aromatic N) is 1. The minimum atomic E-state index is 0.300. The zero-order valence-electron chi connectivity index (χ0n) is 9.76. The summed E-state index contributed by atoms with van der Waals surface area (Å²) in [4.78, 5) is 4.72. The molecule has 3 N–H and O–H groups in total. The molecule has 0 bridgehead atoms. The molecular weight excluding hydrogens is 210 g/mol. The summed E-state index contributed by atoms with van der Waals surface area (Å²) >= 11 is 0. The van der Waals surface area contributed by atoms with Crippen LogP contribution in [-0.2, 0) is 0 Å². The molecule has 3 heteroatoms. The van der Waals surface area contributed by atoms with Crippen LogP contribution in [0.4, 0.5) is 0 Å². The molecule has 1 aromatic carbocycles. The number of pyridine rings is 1. The van der Waals surface area contributed by atoms with E-state index in [-0.39, 0.29) is 0 Å². The van der Waals surface area contributed by atoms with Gasteiger partial charge in [0.05, 0.1) is 17.3 Å². The Balaban J connectivity index is 1.94. The molecule has 0 saturated carbocycles. The summed E-state index contributed by atoms with van der Waals surface area (Å²) < 4.78 is 0. The number of hydrogen-bond donors (Lipinski definition) is 2. The first kappa shape index (κ1) is 10.7. The molecule has 1 aliphatic rings. The molecular formula is C14H17N3. The molecule has 17 heavy (non-hydrogen) atoms. The largest absolute Gasteiger partial charge is 0.328 e. The van der Waals surface area contributed by atoms with Gasteiger partial charge in [0.25, 0.3) is 0 Å². The van der Waals surface area contributed by atoms with Crippen molar-refractivity contribution in [3.63, 3.8) is 0 Å². The second kappa shape index (κ2) is 4.43. The topological polar surface area (TPSA) is 50.9 Å². The highest BCUT2D eigenvalue weighted by Gasteiger charge is 2.20. The van der Waals surface area contributed by atoms with Gasteiger partial charge in [0.15, 0.2) is 0 Å². The molecule has 2 aromatic rings. The molecule has 1 saturated heterocycles. The minimum absolute atomic E-state index is 0.300. The van der Waals surface area contributed by atoms with Crippen LogP contribution in [0, 0.1) is 0 Å². The lowest BCUT2D eigenvalue weighted by Gasteiger charge is -2.27. The summed E-state index contributed by atoms with van der Waals surface area (Å²) in [6.07, 6.45) is 2.04. The van der Waals surface area contributed by atoms with Gasteiger partial charge in [-0.2, -0.15) is 0 Å². The molecule has 1 aliphatic heterocycles. The summed E-state index contributed by atoms with van der Waals surface area (Å²) in [5, 5.41) is 4.68. The van der Waals surface area contributed by atoms with Gasteiger partial charge < -0.3 is 11.1 Å². The molecule has 2 heterocycles. The van der Waals surface area contributed by atoms with Crippen LogP contribution in [0.3, 0.4) is 0 Å².